The minimum absolute atomic E-state index is 0.0118. The van der Waals surface area contributed by atoms with E-state index in [4.69, 9.17) is 27.9 Å². The molecule has 3 aromatic carbocycles. The molecule has 0 heterocycles. The molecule has 0 aliphatic heterocycles. The molecule has 34 heavy (non-hydrogen) atoms. The molecular weight excluding hydrogens is 499 g/mol. The number of hydrogen-bond donors (Lipinski definition) is 1. The number of nitrogens with one attached hydrogen (secondary N) is 1. The Morgan fingerprint density at radius 3 is 2.35 bits per heavy atom. The van der Waals surface area contributed by atoms with Crippen LogP contribution in [0.3, 0.4) is 0 Å². The number of sulfonamides is 1. The van der Waals surface area contributed by atoms with Gasteiger partial charge >= 0.3 is 5.97 Å². The maximum Gasteiger partial charge on any atom is 0.339 e. The van der Waals surface area contributed by atoms with Gasteiger partial charge in [-0.3, -0.25) is 9.10 Å². The fourth-order valence-corrected chi connectivity index (χ4v) is 4.86. The van der Waals surface area contributed by atoms with Crippen molar-refractivity contribution in [3.8, 4) is 0 Å². The van der Waals surface area contributed by atoms with Gasteiger partial charge in [0.2, 0.25) is 5.91 Å². The number of ether oxygens (including phenoxy) is 1. The van der Waals surface area contributed by atoms with Crippen molar-refractivity contribution in [1.29, 1.82) is 0 Å². The molecule has 10 heteroatoms. The van der Waals surface area contributed by atoms with E-state index in [9.17, 15) is 18.0 Å². The summed E-state index contributed by atoms with van der Waals surface area (Å²) in [5.41, 5.74) is 1.51. The summed E-state index contributed by atoms with van der Waals surface area (Å²) in [5.74, 6) is -1.24. The summed E-state index contributed by atoms with van der Waals surface area (Å²) in [4.78, 5) is 25.0. The zero-order valence-corrected chi connectivity index (χ0v) is 20.7. The minimum atomic E-state index is -4.09. The second-order valence-corrected chi connectivity index (χ2v) is 9.97. The van der Waals surface area contributed by atoms with E-state index in [1.165, 1.54) is 42.5 Å². The fourth-order valence-electron chi connectivity index (χ4n) is 3.13. The van der Waals surface area contributed by atoms with Gasteiger partial charge in [-0.05, 0) is 74.0 Å². The summed E-state index contributed by atoms with van der Waals surface area (Å²) in [6, 6.07) is 16.8. The standard InChI is InChI=1S/C24H22Cl2N2O5S/c1-3-33-24(30)21-14-18(9-12-22(21)26)27-23(29)15-28(19-6-4-5-16(2)13-19)34(31,32)20-10-7-17(25)8-11-20/h4-14H,3,15H2,1-2H3,(H,27,29). The Morgan fingerprint density at radius 2 is 1.71 bits per heavy atom. The van der Waals surface area contributed by atoms with Gasteiger partial charge in [-0.1, -0.05) is 35.3 Å². The Labute approximate surface area is 208 Å². The lowest BCUT2D eigenvalue weighted by atomic mass is 10.2. The van der Waals surface area contributed by atoms with Gasteiger partial charge in [-0.25, -0.2) is 13.2 Å². The van der Waals surface area contributed by atoms with Gasteiger partial charge in [0.1, 0.15) is 6.54 Å². The number of hydrogen-bond acceptors (Lipinski definition) is 5. The largest absolute Gasteiger partial charge is 0.462 e. The van der Waals surface area contributed by atoms with E-state index in [0.29, 0.717) is 10.7 Å². The zero-order chi connectivity index (χ0) is 24.9. The quantitative estimate of drug-likeness (QED) is 0.406. The molecule has 1 amide bonds. The maximum absolute atomic E-state index is 13.4. The highest BCUT2D eigenvalue weighted by Crippen LogP contribution is 2.26. The Morgan fingerprint density at radius 1 is 1.00 bits per heavy atom. The molecule has 7 nitrogen and oxygen atoms in total. The number of nitrogens with zero attached hydrogens (tertiary/aromatic N) is 1. The summed E-state index contributed by atoms with van der Waals surface area (Å²) in [5, 5.41) is 3.18. The summed E-state index contributed by atoms with van der Waals surface area (Å²) in [6.07, 6.45) is 0. The molecule has 3 aromatic rings. The van der Waals surface area contributed by atoms with Crippen LogP contribution in [0.4, 0.5) is 11.4 Å². The molecule has 0 saturated heterocycles. The van der Waals surface area contributed by atoms with Crippen LogP contribution in [0.5, 0.6) is 0 Å². The molecule has 1 N–H and O–H groups in total. The molecular formula is C24H22Cl2N2O5S. The molecule has 178 valence electrons. The Bertz CT molecular complexity index is 1310. The first kappa shape index (κ1) is 25.6. The van der Waals surface area contributed by atoms with Crippen molar-refractivity contribution >= 4 is 56.5 Å². The van der Waals surface area contributed by atoms with Crippen LogP contribution in [0.1, 0.15) is 22.8 Å². The van der Waals surface area contributed by atoms with Gasteiger partial charge in [0.05, 0.1) is 27.8 Å². The van der Waals surface area contributed by atoms with Gasteiger partial charge in [-0.2, -0.15) is 0 Å². The van der Waals surface area contributed by atoms with Crippen molar-refractivity contribution in [2.75, 3.05) is 22.8 Å². The van der Waals surface area contributed by atoms with Crippen LogP contribution < -0.4 is 9.62 Å². The van der Waals surface area contributed by atoms with E-state index in [1.807, 2.05) is 13.0 Å². The van der Waals surface area contributed by atoms with Gasteiger partial charge in [0, 0.05) is 10.7 Å². The third-order valence-corrected chi connectivity index (χ3v) is 7.09. The van der Waals surface area contributed by atoms with Crippen LogP contribution in [0.2, 0.25) is 10.0 Å². The van der Waals surface area contributed by atoms with Crippen molar-refractivity contribution in [3.63, 3.8) is 0 Å². The number of halogens is 2. The lowest BCUT2D eigenvalue weighted by Crippen LogP contribution is -2.38. The third kappa shape index (κ3) is 6.08. The summed E-state index contributed by atoms with van der Waals surface area (Å²) >= 11 is 12.0. The highest BCUT2D eigenvalue weighted by molar-refractivity contribution is 7.92. The number of rotatable bonds is 8. The number of anilines is 2. The molecule has 0 bridgehead atoms. The number of carbonyl (C=O) groups is 2. The topological polar surface area (TPSA) is 92.8 Å². The highest BCUT2D eigenvalue weighted by Gasteiger charge is 2.27. The van der Waals surface area contributed by atoms with Crippen LogP contribution in [0, 0.1) is 6.92 Å². The van der Waals surface area contributed by atoms with Crippen LogP contribution >= 0.6 is 23.2 Å². The fraction of sp³-hybridized carbons (Fsp3) is 0.167. The first-order valence-corrected chi connectivity index (χ1v) is 12.4. The van der Waals surface area contributed by atoms with Gasteiger partial charge in [-0.15, -0.1) is 0 Å². The molecule has 0 spiro atoms. The van der Waals surface area contributed by atoms with Crippen LogP contribution in [-0.4, -0.2) is 33.4 Å². The normalized spacial score (nSPS) is 11.1. The number of esters is 1. The lowest BCUT2D eigenvalue weighted by Gasteiger charge is -2.24. The molecule has 0 aliphatic carbocycles. The van der Waals surface area contributed by atoms with E-state index in [-0.39, 0.29) is 27.8 Å². The van der Waals surface area contributed by atoms with Gasteiger partial charge < -0.3 is 10.1 Å². The average molecular weight is 521 g/mol. The predicted octanol–water partition coefficient (Wildman–Crippen LogP) is 5.31. The van der Waals surface area contributed by atoms with Gasteiger partial charge in [0.15, 0.2) is 0 Å². The van der Waals surface area contributed by atoms with Crippen molar-refractivity contribution in [1.82, 2.24) is 0 Å². The number of benzene rings is 3. The lowest BCUT2D eigenvalue weighted by molar-refractivity contribution is -0.114. The first-order valence-electron chi connectivity index (χ1n) is 10.2. The number of carbonyl (C=O) groups excluding carboxylic acids is 2. The third-order valence-electron chi connectivity index (χ3n) is 4.72. The van der Waals surface area contributed by atoms with Crippen molar-refractivity contribution < 1.29 is 22.7 Å². The highest BCUT2D eigenvalue weighted by atomic mass is 35.5. The smallest absolute Gasteiger partial charge is 0.339 e. The van der Waals surface area contributed by atoms with Crippen molar-refractivity contribution in [2.45, 2.75) is 18.7 Å². The number of aryl methyl sites for hydroxylation is 1. The molecule has 0 aromatic heterocycles. The van der Waals surface area contributed by atoms with Crippen molar-refractivity contribution in [3.05, 3.63) is 87.9 Å². The molecule has 0 saturated carbocycles. The Kier molecular flexibility index (Phi) is 8.19. The molecule has 0 radical (unpaired) electrons. The number of amides is 1. The summed E-state index contributed by atoms with van der Waals surface area (Å²) in [7, 11) is -4.09. The maximum atomic E-state index is 13.4. The summed E-state index contributed by atoms with van der Waals surface area (Å²) in [6.45, 7) is 3.14. The molecule has 0 fully saturated rings. The Balaban J connectivity index is 1.91. The van der Waals surface area contributed by atoms with Crippen LogP contribution in [0.15, 0.2) is 71.6 Å². The zero-order valence-electron chi connectivity index (χ0n) is 18.4. The molecule has 0 unspecified atom stereocenters. The SMILES string of the molecule is CCOC(=O)c1cc(NC(=O)CN(c2cccc(C)c2)S(=O)(=O)c2ccc(Cl)cc2)ccc1Cl. The molecule has 0 atom stereocenters. The summed E-state index contributed by atoms with van der Waals surface area (Å²) < 4.78 is 32.8. The van der Waals surface area contributed by atoms with E-state index in [2.05, 4.69) is 5.32 Å². The predicted molar refractivity (Wildman–Crippen MR) is 133 cm³/mol. The Hall–Kier alpha value is -3.07. The van der Waals surface area contributed by atoms with E-state index in [0.717, 1.165) is 9.87 Å². The van der Waals surface area contributed by atoms with Crippen LogP contribution in [0.25, 0.3) is 0 Å². The monoisotopic (exact) mass is 520 g/mol. The van der Waals surface area contributed by atoms with E-state index < -0.39 is 28.4 Å². The van der Waals surface area contributed by atoms with E-state index >= 15 is 0 Å². The first-order chi connectivity index (χ1) is 16.1. The molecule has 3 rings (SSSR count). The van der Waals surface area contributed by atoms with Gasteiger partial charge in [0.25, 0.3) is 10.0 Å². The minimum Gasteiger partial charge on any atom is -0.462 e. The second kappa shape index (κ2) is 10.9. The van der Waals surface area contributed by atoms with Crippen molar-refractivity contribution in [2.24, 2.45) is 0 Å². The average Bonchev–Trinajstić information content (AvgIpc) is 2.79. The van der Waals surface area contributed by atoms with E-state index in [1.54, 1.807) is 25.1 Å². The molecule has 0 aliphatic rings. The van der Waals surface area contributed by atoms with Crippen LogP contribution in [-0.2, 0) is 19.6 Å². The second-order valence-electron chi connectivity index (χ2n) is 7.27.